The van der Waals surface area contributed by atoms with Crippen LogP contribution in [0.1, 0.15) is 23.3 Å². The maximum absolute atomic E-state index is 13.0. The molecule has 1 aromatic heterocycles. The van der Waals surface area contributed by atoms with Crippen molar-refractivity contribution in [2.75, 3.05) is 13.1 Å². The summed E-state index contributed by atoms with van der Waals surface area (Å²) in [6.07, 6.45) is 0.804. The van der Waals surface area contributed by atoms with E-state index < -0.39 is 0 Å². The minimum atomic E-state index is -0.182. The molecule has 0 unspecified atom stereocenters. The lowest BCUT2D eigenvalue weighted by atomic mass is 10.1. The number of hydrogen-bond acceptors (Lipinski definition) is 4. The van der Waals surface area contributed by atoms with Gasteiger partial charge in [-0.2, -0.15) is 0 Å². The Hall–Kier alpha value is -3.28. The minimum Gasteiger partial charge on any atom is -0.336 e. The largest absolute Gasteiger partial charge is 0.336 e. The van der Waals surface area contributed by atoms with E-state index in [4.69, 9.17) is 0 Å². The van der Waals surface area contributed by atoms with Crippen LogP contribution in [0.2, 0.25) is 0 Å². The third-order valence-electron chi connectivity index (χ3n) is 4.53. The highest BCUT2D eigenvalue weighted by Gasteiger charge is 2.28. The minimum absolute atomic E-state index is 0.182. The van der Waals surface area contributed by atoms with E-state index in [9.17, 15) is 9.59 Å². The number of nitrogens with zero attached hydrogens (tertiary/aromatic N) is 4. The molecule has 1 fully saturated rings. The second kappa shape index (κ2) is 6.92. The van der Waals surface area contributed by atoms with Gasteiger partial charge in [-0.1, -0.05) is 53.7 Å². The number of amides is 1. The normalized spacial score (nSPS) is 14.5. The lowest BCUT2D eigenvalue weighted by molar-refractivity contribution is -0.120. The number of aromatic nitrogens is 3. The van der Waals surface area contributed by atoms with Crippen molar-refractivity contribution in [3.63, 3.8) is 0 Å². The molecule has 4 rings (SSSR count). The topological polar surface area (TPSA) is 68.1 Å². The first-order valence-corrected chi connectivity index (χ1v) is 8.61. The summed E-state index contributed by atoms with van der Waals surface area (Å²) in [4.78, 5) is 26.2. The summed E-state index contributed by atoms with van der Waals surface area (Å²) >= 11 is 0. The van der Waals surface area contributed by atoms with Gasteiger partial charge < -0.3 is 4.90 Å². The molecule has 0 atom stereocenters. The molecule has 0 radical (unpaired) electrons. The van der Waals surface area contributed by atoms with Gasteiger partial charge in [-0.05, 0) is 12.1 Å². The molecule has 1 amide bonds. The van der Waals surface area contributed by atoms with E-state index in [1.54, 1.807) is 9.58 Å². The summed E-state index contributed by atoms with van der Waals surface area (Å²) in [5.74, 6) is 0.0174. The van der Waals surface area contributed by atoms with Gasteiger partial charge in [0.05, 0.1) is 5.69 Å². The molecule has 1 saturated heterocycles. The van der Waals surface area contributed by atoms with Crippen LogP contribution in [0, 0.1) is 0 Å². The average Bonchev–Trinajstić information content (AvgIpc) is 3.14. The van der Waals surface area contributed by atoms with Crippen LogP contribution in [-0.2, 0) is 4.79 Å². The van der Waals surface area contributed by atoms with E-state index >= 15 is 0 Å². The molecule has 0 spiro atoms. The Morgan fingerprint density at radius 1 is 0.885 bits per heavy atom. The number of piperidine rings is 1. The van der Waals surface area contributed by atoms with Crippen molar-refractivity contribution in [2.24, 2.45) is 0 Å². The van der Waals surface area contributed by atoms with E-state index in [1.165, 1.54) is 0 Å². The second-order valence-electron chi connectivity index (χ2n) is 6.23. The monoisotopic (exact) mass is 346 g/mol. The molecule has 6 nitrogen and oxygen atoms in total. The lowest BCUT2D eigenvalue weighted by Gasteiger charge is -2.25. The van der Waals surface area contributed by atoms with Gasteiger partial charge in [-0.15, -0.1) is 5.10 Å². The second-order valence-corrected chi connectivity index (χ2v) is 6.23. The first-order chi connectivity index (χ1) is 12.7. The van der Waals surface area contributed by atoms with E-state index in [2.05, 4.69) is 10.3 Å². The molecule has 3 aromatic rings. The highest BCUT2D eigenvalue weighted by molar-refractivity contribution is 5.99. The van der Waals surface area contributed by atoms with E-state index in [0.29, 0.717) is 37.3 Å². The van der Waals surface area contributed by atoms with Crippen LogP contribution < -0.4 is 0 Å². The Morgan fingerprint density at radius 2 is 1.50 bits per heavy atom. The molecule has 0 bridgehead atoms. The zero-order chi connectivity index (χ0) is 17.9. The van der Waals surface area contributed by atoms with Crippen molar-refractivity contribution in [3.05, 3.63) is 66.4 Å². The summed E-state index contributed by atoms with van der Waals surface area (Å²) in [6, 6.07) is 19.3. The number of benzene rings is 2. The third-order valence-corrected chi connectivity index (χ3v) is 4.53. The molecular weight excluding hydrogens is 328 g/mol. The molecule has 1 aliphatic heterocycles. The number of hydrogen-bond donors (Lipinski definition) is 0. The number of likely N-dealkylation sites (tertiary alicyclic amines) is 1. The van der Waals surface area contributed by atoms with Crippen molar-refractivity contribution in [1.82, 2.24) is 19.9 Å². The fourth-order valence-corrected chi connectivity index (χ4v) is 3.14. The quantitative estimate of drug-likeness (QED) is 0.731. The summed E-state index contributed by atoms with van der Waals surface area (Å²) in [5, 5.41) is 8.45. The molecule has 0 saturated carbocycles. The van der Waals surface area contributed by atoms with Crippen LogP contribution in [0.25, 0.3) is 16.9 Å². The number of rotatable bonds is 3. The van der Waals surface area contributed by atoms with E-state index in [0.717, 1.165) is 11.3 Å². The zero-order valence-corrected chi connectivity index (χ0v) is 14.2. The van der Waals surface area contributed by atoms with Crippen molar-refractivity contribution in [2.45, 2.75) is 12.8 Å². The summed E-state index contributed by atoms with van der Waals surface area (Å²) in [5.41, 5.74) is 2.69. The standard InChI is InChI=1S/C20H18N4O2/c25-17-11-13-23(14-12-17)20(26)18-19(15-7-3-1-4-8-15)24(22-21-18)16-9-5-2-6-10-16/h1-10H,11-14H2. The third kappa shape index (κ3) is 3.01. The van der Waals surface area contributed by atoms with Crippen molar-refractivity contribution in [3.8, 4) is 16.9 Å². The van der Waals surface area contributed by atoms with Gasteiger partial charge >= 0.3 is 0 Å². The molecule has 2 aromatic carbocycles. The average molecular weight is 346 g/mol. The van der Waals surface area contributed by atoms with Gasteiger partial charge in [-0.3, -0.25) is 9.59 Å². The molecule has 1 aliphatic rings. The predicted molar refractivity (Wildman–Crippen MR) is 96.9 cm³/mol. The maximum Gasteiger partial charge on any atom is 0.276 e. The first-order valence-electron chi connectivity index (χ1n) is 8.61. The van der Waals surface area contributed by atoms with Gasteiger partial charge in [0, 0.05) is 31.5 Å². The van der Waals surface area contributed by atoms with Crippen molar-refractivity contribution in [1.29, 1.82) is 0 Å². The Morgan fingerprint density at radius 3 is 2.15 bits per heavy atom. The molecule has 0 N–H and O–H groups in total. The van der Waals surface area contributed by atoms with Gasteiger partial charge in [0.1, 0.15) is 11.5 Å². The van der Waals surface area contributed by atoms with Crippen LogP contribution in [0.4, 0.5) is 0 Å². The van der Waals surface area contributed by atoms with Crippen molar-refractivity contribution < 1.29 is 9.59 Å². The van der Waals surface area contributed by atoms with E-state index in [-0.39, 0.29) is 11.7 Å². The van der Waals surface area contributed by atoms with Gasteiger partial charge in [0.2, 0.25) is 0 Å². The van der Waals surface area contributed by atoms with E-state index in [1.807, 2.05) is 60.7 Å². The fraction of sp³-hybridized carbons (Fsp3) is 0.200. The first kappa shape index (κ1) is 16.2. The lowest BCUT2D eigenvalue weighted by Crippen LogP contribution is -2.39. The summed E-state index contributed by atoms with van der Waals surface area (Å²) < 4.78 is 1.69. The maximum atomic E-state index is 13.0. The number of Topliss-reactive ketones (excluding diaryl/α,β-unsaturated/α-hetero) is 1. The van der Waals surface area contributed by atoms with Gasteiger partial charge in [0.15, 0.2) is 5.69 Å². The summed E-state index contributed by atoms with van der Waals surface area (Å²) in [7, 11) is 0. The van der Waals surface area contributed by atoms with Crippen LogP contribution in [-0.4, -0.2) is 44.7 Å². The van der Waals surface area contributed by atoms with Crippen LogP contribution in [0.15, 0.2) is 60.7 Å². The Kier molecular flexibility index (Phi) is 4.31. The number of carbonyl (C=O) groups excluding carboxylic acids is 2. The number of para-hydroxylation sites is 1. The summed E-state index contributed by atoms with van der Waals surface area (Å²) in [6.45, 7) is 0.869. The van der Waals surface area contributed by atoms with Crippen LogP contribution >= 0.6 is 0 Å². The smallest absolute Gasteiger partial charge is 0.276 e. The Labute approximate surface area is 151 Å². The molecule has 26 heavy (non-hydrogen) atoms. The number of carbonyl (C=O) groups is 2. The SMILES string of the molecule is O=C1CCN(C(=O)c2nnn(-c3ccccc3)c2-c2ccccc2)CC1. The van der Waals surface area contributed by atoms with Gasteiger partial charge in [0.25, 0.3) is 5.91 Å². The van der Waals surface area contributed by atoms with Crippen molar-refractivity contribution >= 4 is 11.7 Å². The zero-order valence-electron chi connectivity index (χ0n) is 14.2. The molecule has 130 valence electrons. The highest BCUT2D eigenvalue weighted by Crippen LogP contribution is 2.26. The number of ketones is 1. The molecule has 0 aliphatic carbocycles. The molecular formula is C20H18N4O2. The molecule has 6 heteroatoms. The van der Waals surface area contributed by atoms with Gasteiger partial charge in [-0.25, -0.2) is 4.68 Å². The molecule has 2 heterocycles. The fourth-order valence-electron chi connectivity index (χ4n) is 3.14. The predicted octanol–water partition coefficient (Wildman–Crippen LogP) is 2.74. The highest BCUT2D eigenvalue weighted by atomic mass is 16.2. The van der Waals surface area contributed by atoms with Crippen LogP contribution in [0.5, 0.6) is 0 Å². The Balaban J connectivity index is 1.79. The van der Waals surface area contributed by atoms with Crippen LogP contribution in [0.3, 0.4) is 0 Å². The Bertz CT molecular complexity index is 925.